The minimum Gasteiger partial charge on any atom is -0.494 e. The van der Waals surface area contributed by atoms with Crippen LogP contribution in [0.1, 0.15) is 49.5 Å². The van der Waals surface area contributed by atoms with Crippen molar-refractivity contribution in [3.05, 3.63) is 29.3 Å². The van der Waals surface area contributed by atoms with Crippen molar-refractivity contribution in [1.82, 2.24) is 10.2 Å². The molecule has 1 amide bonds. The molecule has 26 heavy (non-hydrogen) atoms. The van der Waals surface area contributed by atoms with Gasteiger partial charge in [0.25, 0.3) is 5.91 Å². The van der Waals surface area contributed by atoms with Gasteiger partial charge in [-0.15, -0.1) is 0 Å². The first-order valence-electron chi connectivity index (χ1n) is 9.89. The molecule has 2 unspecified atom stereocenters. The van der Waals surface area contributed by atoms with E-state index in [4.69, 9.17) is 9.47 Å². The van der Waals surface area contributed by atoms with Crippen LogP contribution >= 0.6 is 0 Å². The van der Waals surface area contributed by atoms with Crippen LogP contribution in [-0.4, -0.2) is 56.3 Å². The first-order valence-corrected chi connectivity index (χ1v) is 9.89. The standard InChI is InChI=1S/C21H34N2O3/c1-5-25-13-7-11-23-12-10-19(17(4)15-23)22-21(24)18-8-9-20(26-6-2)16(3)14-18/h8-9,14,17,19H,5-7,10-13,15H2,1-4H3,(H,22,24). The highest BCUT2D eigenvalue weighted by Crippen LogP contribution is 2.21. The minimum atomic E-state index is 0.0118. The van der Waals surface area contributed by atoms with Gasteiger partial charge in [-0.25, -0.2) is 0 Å². The van der Waals surface area contributed by atoms with Gasteiger partial charge < -0.3 is 19.7 Å². The smallest absolute Gasteiger partial charge is 0.251 e. The molecule has 1 heterocycles. The van der Waals surface area contributed by atoms with E-state index in [0.29, 0.717) is 18.1 Å². The predicted molar refractivity (Wildman–Crippen MR) is 105 cm³/mol. The van der Waals surface area contributed by atoms with Crippen LogP contribution in [0.15, 0.2) is 18.2 Å². The molecular weight excluding hydrogens is 328 g/mol. The maximum Gasteiger partial charge on any atom is 0.251 e. The monoisotopic (exact) mass is 362 g/mol. The van der Waals surface area contributed by atoms with E-state index < -0.39 is 0 Å². The first kappa shape index (κ1) is 20.7. The summed E-state index contributed by atoms with van der Waals surface area (Å²) in [6.45, 7) is 13.6. The normalized spacial score (nSPS) is 20.8. The van der Waals surface area contributed by atoms with E-state index in [2.05, 4.69) is 17.1 Å². The summed E-state index contributed by atoms with van der Waals surface area (Å²) in [5, 5.41) is 3.23. The molecule has 1 aromatic carbocycles. The quantitative estimate of drug-likeness (QED) is 0.685. The Morgan fingerprint density at radius 3 is 2.77 bits per heavy atom. The predicted octanol–water partition coefficient (Wildman–Crippen LogP) is 3.26. The van der Waals surface area contributed by atoms with E-state index in [1.165, 1.54) is 0 Å². The van der Waals surface area contributed by atoms with Crippen molar-refractivity contribution >= 4 is 5.91 Å². The second kappa shape index (κ2) is 10.5. The number of hydrogen-bond acceptors (Lipinski definition) is 4. The minimum absolute atomic E-state index is 0.0118. The lowest BCUT2D eigenvalue weighted by Crippen LogP contribution is -2.50. The number of piperidine rings is 1. The highest BCUT2D eigenvalue weighted by molar-refractivity contribution is 5.94. The molecule has 0 bridgehead atoms. The number of benzene rings is 1. The van der Waals surface area contributed by atoms with Crippen LogP contribution in [-0.2, 0) is 4.74 Å². The number of amides is 1. The Labute approximate surface area is 158 Å². The van der Waals surface area contributed by atoms with E-state index in [-0.39, 0.29) is 11.9 Å². The van der Waals surface area contributed by atoms with Gasteiger partial charge in [0.05, 0.1) is 6.61 Å². The molecule has 5 nitrogen and oxygen atoms in total. The lowest BCUT2D eigenvalue weighted by molar-refractivity contribution is 0.0843. The molecule has 1 aromatic rings. The fraction of sp³-hybridized carbons (Fsp3) is 0.667. The lowest BCUT2D eigenvalue weighted by atomic mass is 9.93. The van der Waals surface area contributed by atoms with Gasteiger partial charge in [-0.05, 0) is 63.3 Å². The summed E-state index contributed by atoms with van der Waals surface area (Å²) < 4.78 is 11.0. The molecule has 2 rings (SSSR count). The molecule has 1 N–H and O–H groups in total. The number of nitrogens with zero attached hydrogens (tertiary/aromatic N) is 1. The molecule has 1 saturated heterocycles. The summed E-state index contributed by atoms with van der Waals surface area (Å²) >= 11 is 0. The van der Waals surface area contributed by atoms with Gasteiger partial charge in [0.2, 0.25) is 0 Å². The molecule has 146 valence electrons. The summed E-state index contributed by atoms with van der Waals surface area (Å²) in [5.41, 5.74) is 1.70. The molecule has 2 atom stereocenters. The number of hydrogen-bond donors (Lipinski definition) is 1. The lowest BCUT2D eigenvalue weighted by Gasteiger charge is -2.37. The van der Waals surface area contributed by atoms with Gasteiger partial charge >= 0.3 is 0 Å². The van der Waals surface area contributed by atoms with Crippen LogP contribution < -0.4 is 10.1 Å². The molecule has 1 aliphatic rings. The van der Waals surface area contributed by atoms with Gasteiger partial charge in [-0.2, -0.15) is 0 Å². The van der Waals surface area contributed by atoms with Gasteiger partial charge in [0.1, 0.15) is 5.75 Å². The number of likely N-dealkylation sites (tertiary alicyclic amines) is 1. The number of aryl methyl sites for hydroxylation is 1. The summed E-state index contributed by atoms with van der Waals surface area (Å²) in [7, 11) is 0. The van der Waals surface area contributed by atoms with Crippen molar-refractivity contribution in [3.8, 4) is 5.75 Å². The third-order valence-corrected chi connectivity index (χ3v) is 5.01. The number of carbonyl (C=O) groups excluding carboxylic acids is 1. The fourth-order valence-electron chi connectivity index (χ4n) is 3.54. The number of ether oxygens (including phenoxy) is 2. The summed E-state index contributed by atoms with van der Waals surface area (Å²) in [6.07, 6.45) is 2.07. The molecular formula is C21H34N2O3. The average Bonchev–Trinajstić information content (AvgIpc) is 2.62. The Bertz CT molecular complexity index is 576. The van der Waals surface area contributed by atoms with Crippen LogP contribution in [0, 0.1) is 12.8 Å². The average molecular weight is 363 g/mol. The van der Waals surface area contributed by atoms with Crippen molar-refractivity contribution in [1.29, 1.82) is 0 Å². The summed E-state index contributed by atoms with van der Waals surface area (Å²) in [4.78, 5) is 15.1. The molecule has 0 saturated carbocycles. The second-order valence-corrected chi connectivity index (χ2v) is 7.11. The van der Waals surface area contributed by atoms with Crippen molar-refractivity contribution in [2.45, 2.75) is 46.6 Å². The van der Waals surface area contributed by atoms with Crippen LogP contribution in [0.2, 0.25) is 0 Å². The van der Waals surface area contributed by atoms with Crippen LogP contribution in [0.25, 0.3) is 0 Å². The van der Waals surface area contributed by atoms with Crippen LogP contribution in [0.4, 0.5) is 0 Å². The Morgan fingerprint density at radius 2 is 2.12 bits per heavy atom. The topological polar surface area (TPSA) is 50.8 Å². The van der Waals surface area contributed by atoms with Crippen molar-refractivity contribution in [2.75, 3.05) is 39.5 Å². The van der Waals surface area contributed by atoms with Gasteiger partial charge in [0.15, 0.2) is 0 Å². The molecule has 0 aliphatic carbocycles. The van der Waals surface area contributed by atoms with E-state index in [1.54, 1.807) is 0 Å². The molecule has 1 fully saturated rings. The zero-order chi connectivity index (χ0) is 18.9. The Hall–Kier alpha value is -1.59. The summed E-state index contributed by atoms with van der Waals surface area (Å²) in [5.74, 6) is 1.30. The highest BCUT2D eigenvalue weighted by Gasteiger charge is 2.27. The molecule has 0 aromatic heterocycles. The number of nitrogens with one attached hydrogen (secondary N) is 1. The van der Waals surface area contributed by atoms with E-state index in [9.17, 15) is 4.79 Å². The molecule has 0 spiro atoms. The van der Waals surface area contributed by atoms with Crippen molar-refractivity contribution in [3.63, 3.8) is 0 Å². The third kappa shape index (κ3) is 5.99. The Kier molecular flexibility index (Phi) is 8.39. The zero-order valence-electron chi connectivity index (χ0n) is 16.7. The zero-order valence-corrected chi connectivity index (χ0v) is 16.7. The van der Waals surface area contributed by atoms with E-state index >= 15 is 0 Å². The van der Waals surface area contributed by atoms with Gasteiger partial charge in [-0.3, -0.25) is 4.79 Å². The van der Waals surface area contributed by atoms with Gasteiger partial charge in [-0.1, -0.05) is 6.92 Å². The van der Waals surface area contributed by atoms with E-state index in [0.717, 1.165) is 57.0 Å². The maximum atomic E-state index is 12.6. The molecule has 0 radical (unpaired) electrons. The Morgan fingerprint density at radius 1 is 1.31 bits per heavy atom. The fourth-order valence-corrected chi connectivity index (χ4v) is 3.54. The molecule has 5 heteroatoms. The largest absolute Gasteiger partial charge is 0.494 e. The van der Waals surface area contributed by atoms with Crippen molar-refractivity contribution in [2.24, 2.45) is 5.92 Å². The van der Waals surface area contributed by atoms with Crippen molar-refractivity contribution < 1.29 is 14.3 Å². The van der Waals surface area contributed by atoms with E-state index in [1.807, 2.05) is 39.0 Å². The van der Waals surface area contributed by atoms with Crippen LogP contribution in [0.5, 0.6) is 5.75 Å². The highest BCUT2D eigenvalue weighted by atomic mass is 16.5. The molecule has 1 aliphatic heterocycles. The van der Waals surface area contributed by atoms with Gasteiger partial charge in [0, 0.05) is 44.5 Å². The number of rotatable bonds is 9. The second-order valence-electron chi connectivity index (χ2n) is 7.11. The first-order chi connectivity index (χ1) is 12.5. The van der Waals surface area contributed by atoms with Crippen LogP contribution in [0.3, 0.4) is 0 Å². The maximum absolute atomic E-state index is 12.6. The third-order valence-electron chi connectivity index (χ3n) is 5.01. The summed E-state index contributed by atoms with van der Waals surface area (Å²) in [6, 6.07) is 5.88. The SMILES string of the molecule is CCOCCCN1CCC(NC(=O)c2ccc(OCC)c(C)c2)C(C)C1. The number of carbonyl (C=O) groups is 1. The Balaban J connectivity index is 1.83.